The van der Waals surface area contributed by atoms with Crippen LogP contribution in [-0.4, -0.2) is 34.0 Å². The van der Waals surface area contributed by atoms with Crippen LogP contribution in [0.15, 0.2) is 106 Å². The smallest absolute Gasteiger partial charge is 0.535 e. The third-order valence-electron chi connectivity index (χ3n) is 6.09. The summed E-state index contributed by atoms with van der Waals surface area (Å²) in [6.07, 6.45) is 0. The van der Waals surface area contributed by atoms with Crippen LogP contribution in [0.1, 0.15) is 0 Å². The summed E-state index contributed by atoms with van der Waals surface area (Å²) in [5.41, 5.74) is 1.27. The molecule has 0 saturated heterocycles. The van der Waals surface area contributed by atoms with Gasteiger partial charge >= 0.3 is 7.69 Å². The van der Waals surface area contributed by atoms with E-state index >= 15 is 0 Å². The second-order valence-electron chi connectivity index (χ2n) is 8.71. The minimum atomic E-state index is -0.526. The van der Waals surface area contributed by atoms with Crippen molar-refractivity contribution in [3.8, 4) is 45.3 Å². The summed E-state index contributed by atoms with van der Waals surface area (Å²) >= 11 is 5.74. The monoisotopic (exact) mass is 747 g/mol. The van der Waals surface area contributed by atoms with Crippen molar-refractivity contribution in [1.29, 1.82) is 0 Å². The number of hydrogen-bond donors (Lipinski definition) is 1. The van der Waals surface area contributed by atoms with Gasteiger partial charge < -0.3 is 23.9 Å². The van der Waals surface area contributed by atoms with Crippen molar-refractivity contribution in [2.75, 3.05) is 21.3 Å². The van der Waals surface area contributed by atoms with Crippen molar-refractivity contribution in [3.05, 3.63) is 129 Å². The van der Waals surface area contributed by atoms with E-state index in [1.54, 1.807) is 73.8 Å². The van der Waals surface area contributed by atoms with E-state index in [1.165, 1.54) is 14.2 Å². The van der Waals surface area contributed by atoms with E-state index in [0.717, 1.165) is 24.3 Å². The van der Waals surface area contributed by atoms with Crippen LogP contribution in [0.25, 0.3) is 22.3 Å². The quantitative estimate of drug-likeness (QED) is 0.0779. The molecule has 45 heavy (non-hydrogen) atoms. The van der Waals surface area contributed by atoms with Crippen molar-refractivity contribution < 1.29 is 41.5 Å². The van der Waals surface area contributed by atoms with Crippen LogP contribution < -0.4 is 18.9 Å². The molecule has 0 unspecified atom stereocenters. The summed E-state index contributed by atoms with van der Waals surface area (Å²) in [5.74, 6) is 0.0248. The van der Waals surface area contributed by atoms with Crippen LogP contribution in [-0.2, 0) is 0 Å². The number of halogens is 6. The lowest BCUT2D eigenvalue weighted by Crippen LogP contribution is -2.01. The van der Waals surface area contributed by atoms with Crippen molar-refractivity contribution in [2.45, 2.75) is 0 Å². The molecule has 0 aliphatic rings. The van der Waals surface area contributed by atoms with E-state index in [0.29, 0.717) is 41.8 Å². The molecule has 5 aromatic carbocycles. The maximum absolute atomic E-state index is 14.7. The highest BCUT2D eigenvalue weighted by molar-refractivity contribution is 9.13. The third-order valence-corrected chi connectivity index (χ3v) is 8.18. The second kappa shape index (κ2) is 17.5. The summed E-state index contributed by atoms with van der Waals surface area (Å²) in [4.78, 5) is 0. The van der Waals surface area contributed by atoms with E-state index in [9.17, 15) is 17.6 Å². The summed E-state index contributed by atoms with van der Waals surface area (Å²) < 4.78 is 75.0. The van der Waals surface area contributed by atoms with Crippen molar-refractivity contribution in [2.24, 2.45) is 0 Å². The Morgan fingerprint density at radius 3 is 1.20 bits per heavy atom. The number of hydrogen-bond acceptors (Lipinski definition) is 5. The highest BCUT2D eigenvalue weighted by Crippen LogP contribution is 2.43. The van der Waals surface area contributed by atoms with Crippen LogP contribution >= 0.6 is 31.9 Å². The first kappa shape index (κ1) is 35.5. The van der Waals surface area contributed by atoms with Gasteiger partial charge in [0, 0.05) is 22.3 Å². The molecule has 233 valence electrons. The van der Waals surface area contributed by atoms with Gasteiger partial charge in [0.1, 0.15) is 40.5 Å². The molecule has 0 aromatic heterocycles. The summed E-state index contributed by atoms with van der Waals surface area (Å²) in [5, 5.41) is 8.34. The minimum absolute atomic E-state index is 0.118. The molecular weight excluding hydrogens is 723 g/mol. The standard InChI is InChI=1S/C20H16F2O2.C7H8BO3.C6H2Br2F2/c1-23-17-9-5-3-7-13(17)19-15(21)11-12-16(22)20(19)14-8-4-6-10-18(14)24-2;1-10-6-4-2-3-5-7(6)11-8-9;7-5-3(9)1-2-4(10)6(5)8/h3-12H,1-2H3;2-5,9H,1H3;1-2H. The fraction of sp³-hybridized carbons (Fsp3) is 0.0909. The van der Waals surface area contributed by atoms with Gasteiger partial charge in [0.25, 0.3) is 0 Å². The largest absolute Gasteiger partial charge is 0.569 e. The molecule has 0 aliphatic carbocycles. The Morgan fingerprint density at radius 2 is 0.822 bits per heavy atom. The lowest BCUT2D eigenvalue weighted by Gasteiger charge is -2.17. The van der Waals surface area contributed by atoms with Crippen LogP contribution in [0.2, 0.25) is 0 Å². The molecule has 1 radical (unpaired) electrons. The zero-order chi connectivity index (χ0) is 32.9. The summed E-state index contributed by atoms with van der Waals surface area (Å²) in [7, 11) is 5.16. The van der Waals surface area contributed by atoms with Gasteiger partial charge in [0.15, 0.2) is 5.75 Å². The zero-order valence-electron chi connectivity index (χ0n) is 24.2. The fourth-order valence-corrected chi connectivity index (χ4v) is 4.70. The Hall–Kier alpha value is -4.00. The minimum Gasteiger partial charge on any atom is -0.535 e. The Morgan fingerprint density at radius 1 is 0.489 bits per heavy atom. The molecule has 5 rings (SSSR count). The van der Waals surface area contributed by atoms with Gasteiger partial charge in [0.05, 0.1) is 30.3 Å². The van der Waals surface area contributed by atoms with Gasteiger partial charge in [0.2, 0.25) is 0 Å². The summed E-state index contributed by atoms with van der Waals surface area (Å²) in [6.45, 7) is 0. The van der Waals surface area contributed by atoms with E-state index < -0.39 is 23.3 Å². The number of rotatable bonds is 7. The van der Waals surface area contributed by atoms with Crippen LogP contribution in [0.5, 0.6) is 23.0 Å². The number of benzene rings is 5. The highest BCUT2D eigenvalue weighted by atomic mass is 79.9. The van der Waals surface area contributed by atoms with Gasteiger partial charge in [-0.2, -0.15) is 0 Å². The Bertz CT molecular complexity index is 1630. The van der Waals surface area contributed by atoms with Gasteiger partial charge in [-0.25, -0.2) is 17.6 Å². The molecule has 0 atom stereocenters. The van der Waals surface area contributed by atoms with Crippen molar-refractivity contribution in [1.82, 2.24) is 0 Å². The first-order valence-electron chi connectivity index (χ1n) is 13.0. The van der Waals surface area contributed by atoms with Gasteiger partial charge in [-0.15, -0.1) is 0 Å². The first-order chi connectivity index (χ1) is 21.7. The van der Waals surface area contributed by atoms with Crippen molar-refractivity contribution >= 4 is 39.5 Å². The van der Waals surface area contributed by atoms with Crippen LogP contribution in [0.3, 0.4) is 0 Å². The first-order valence-corrected chi connectivity index (χ1v) is 14.6. The predicted octanol–water partition coefficient (Wildman–Crippen LogP) is 9.41. The second-order valence-corrected chi connectivity index (χ2v) is 10.3. The lowest BCUT2D eigenvalue weighted by molar-refractivity contribution is 0.381. The van der Waals surface area contributed by atoms with Gasteiger partial charge in [-0.1, -0.05) is 48.5 Å². The number of ether oxygens (including phenoxy) is 3. The Balaban J connectivity index is 0.000000217. The van der Waals surface area contributed by atoms with Crippen LogP contribution in [0, 0.1) is 23.3 Å². The molecule has 0 aliphatic heterocycles. The third kappa shape index (κ3) is 9.03. The molecule has 12 heteroatoms. The van der Waals surface area contributed by atoms with E-state index in [1.807, 2.05) is 6.07 Å². The predicted molar refractivity (Wildman–Crippen MR) is 174 cm³/mol. The fourth-order valence-electron chi connectivity index (χ4n) is 4.06. The molecule has 0 saturated carbocycles. The average molecular weight is 749 g/mol. The van der Waals surface area contributed by atoms with Gasteiger partial charge in [-0.3, -0.25) is 0 Å². The Kier molecular flexibility index (Phi) is 13.8. The zero-order valence-corrected chi connectivity index (χ0v) is 27.3. The van der Waals surface area contributed by atoms with Gasteiger partial charge in [-0.05, 0) is 80.4 Å². The molecule has 0 fully saturated rings. The van der Waals surface area contributed by atoms with E-state index in [4.69, 9.17) is 23.9 Å². The maximum Gasteiger partial charge on any atom is 0.569 e. The lowest BCUT2D eigenvalue weighted by atomic mass is 9.92. The molecular formula is C33H26BBr2F4O5. The molecule has 5 aromatic rings. The van der Waals surface area contributed by atoms with Crippen LogP contribution in [0.4, 0.5) is 17.6 Å². The highest BCUT2D eigenvalue weighted by Gasteiger charge is 2.22. The SMILES string of the molecule is COc1ccccc1-c1c(F)ccc(F)c1-c1ccccc1OC.COc1ccccc1O[B]O.Fc1ccc(F)c(Br)c1Br. The van der Waals surface area contributed by atoms with E-state index in [-0.39, 0.29) is 20.1 Å². The number of methoxy groups -OCH3 is 3. The molecule has 5 nitrogen and oxygen atoms in total. The average Bonchev–Trinajstić information content (AvgIpc) is 3.07. The summed E-state index contributed by atoms with van der Waals surface area (Å²) in [6, 6.07) is 25.3. The van der Waals surface area contributed by atoms with Crippen molar-refractivity contribution in [3.63, 3.8) is 0 Å². The Labute approximate surface area is 275 Å². The maximum atomic E-state index is 14.7. The molecule has 0 bridgehead atoms. The normalized spacial score (nSPS) is 10.0. The molecule has 0 amide bonds. The molecule has 0 heterocycles. The molecule has 0 spiro atoms. The topological polar surface area (TPSA) is 57.2 Å². The van der Waals surface area contributed by atoms with E-state index in [2.05, 4.69) is 31.9 Å². The number of para-hydroxylation sites is 4. The molecule has 1 N–H and O–H groups in total.